The summed E-state index contributed by atoms with van der Waals surface area (Å²) in [6, 6.07) is 13.1. The van der Waals surface area contributed by atoms with Gasteiger partial charge in [-0.25, -0.2) is 18.2 Å². The molecule has 8 heteroatoms. The lowest BCUT2D eigenvalue weighted by atomic mass is 10.1. The van der Waals surface area contributed by atoms with Gasteiger partial charge in [-0.2, -0.15) is 4.98 Å². The van der Waals surface area contributed by atoms with E-state index < -0.39 is 17.5 Å². The molecule has 28 heavy (non-hydrogen) atoms. The minimum atomic E-state index is -1.55. The third kappa shape index (κ3) is 4.77. The molecule has 0 aliphatic carbocycles. The van der Waals surface area contributed by atoms with Gasteiger partial charge in [0.1, 0.15) is 5.82 Å². The Kier molecular flexibility index (Phi) is 6.44. The van der Waals surface area contributed by atoms with Gasteiger partial charge < -0.3 is 15.4 Å². The quantitative estimate of drug-likeness (QED) is 0.431. The fourth-order valence-corrected chi connectivity index (χ4v) is 2.53. The fourth-order valence-electron chi connectivity index (χ4n) is 2.53. The monoisotopic (exact) mass is 388 g/mol. The van der Waals surface area contributed by atoms with E-state index >= 15 is 0 Å². The highest BCUT2D eigenvalue weighted by atomic mass is 19.2. The molecule has 0 saturated heterocycles. The van der Waals surface area contributed by atoms with E-state index in [0.29, 0.717) is 24.7 Å². The summed E-state index contributed by atoms with van der Waals surface area (Å²) in [7, 11) is 1.62. The van der Waals surface area contributed by atoms with E-state index in [1.54, 1.807) is 13.2 Å². The summed E-state index contributed by atoms with van der Waals surface area (Å²) in [5, 5.41) is 5.78. The minimum absolute atomic E-state index is 0.0560. The number of nitrogens with one attached hydrogen (secondary N) is 2. The van der Waals surface area contributed by atoms with Crippen molar-refractivity contribution in [1.29, 1.82) is 0 Å². The lowest BCUT2D eigenvalue weighted by molar-refractivity contribution is 0.198. The molecule has 0 aliphatic rings. The Morgan fingerprint density at radius 3 is 2.50 bits per heavy atom. The Morgan fingerprint density at radius 2 is 1.75 bits per heavy atom. The molecule has 5 nitrogen and oxygen atoms in total. The van der Waals surface area contributed by atoms with Crippen molar-refractivity contribution in [2.45, 2.75) is 6.42 Å². The molecular formula is C20H19F3N4O. The van der Waals surface area contributed by atoms with E-state index in [1.165, 1.54) is 0 Å². The lowest BCUT2D eigenvalue weighted by Crippen LogP contribution is -2.09. The molecule has 2 aromatic carbocycles. The Bertz CT molecular complexity index is 938. The molecule has 3 aromatic rings. The maximum atomic E-state index is 14.0. The van der Waals surface area contributed by atoms with Crippen LogP contribution >= 0.6 is 0 Å². The molecule has 1 aromatic heterocycles. The van der Waals surface area contributed by atoms with Gasteiger partial charge in [0.05, 0.1) is 11.4 Å². The predicted molar refractivity (Wildman–Crippen MR) is 102 cm³/mol. The molecule has 1 heterocycles. The van der Waals surface area contributed by atoms with Crippen molar-refractivity contribution in [3.8, 4) is 11.3 Å². The zero-order chi connectivity index (χ0) is 19.9. The Morgan fingerprint density at radius 1 is 0.964 bits per heavy atom. The van der Waals surface area contributed by atoms with Crippen LogP contribution in [0.3, 0.4) is 0 Å². The van der Waals surface area contributed by atoms with Gasteiger partial charge >= 0.3 is 0 Å². The van der Waals surface area contributed by atoms with E-state index in [0.717, 1.165) is 24.1 Å². The van der Waals surface area contributed by atoms with Crippen LogP contribution in [0.25, 0.3) is 11.3 Å². The van der Waals surface area contributed by atoms with Crippen LogP contribution in [-0.2, 0) is 4.74 Å². The number of ether oxygens (including phenoxy) is 1. The highest BCUT2D eigenvalue weighted by Gasteiger charge is 2.15. The first-order chi connectivity index (χ1) is 13.6. The van der Waals surface area contributed by atoms with Crippen molar-refractivity contribution >= 4 is 17.5 Å². The number of hydrogen-bond acceptors (Lipinski definition) is 5. The van der Waals surface area contributed by atoms with Crippen LogP contribution in [0.5, 0.6) is 0 Å². The zero-order valence-corrected chi connectivity index (χ0v) is 15.2. The third-order valence-corrected chi connectivity index (χ3v) is 3.91. The number of anilines is 3. The number of hydrogen-bond donors (Lipinski definition) is 2. The maximum absolute atomic E-state index is 14.0. The molecule has 0 bridgehead atoms. The average Bonchev–Trinajstić information content (AvgIpc) is 2.72. The predicted octanol–water partition coefficient (Wildman–Crippen LogP) is 4.75. The van der Waals surface area contributed by atoms with Gasteiger partial charge in [-0.05, 0) is 18.6 Å². The summed E-state index contributed by atoms with van der Waals surface area (Å²) in [4.78, 5) is 8.65. The summed E-state index contributed by atoms with van der Waals surface area (Å²) in [5.41, 5.74) is 1.17. The van der Waals surface area contributed by atoms with Crippen molar-refractivity contribution < 1.29 is 17.9 Å². The van der Waals surface area contributed by atoms with Crippen LogP contribution in [0.1, 0.15) is 6.42 Å². The van der Waals surface area contributed by atoms with Gasteiger partial charge in [0.15, 0.2) is 17.5 Å². The normalized spacial score (nSPS) is 10.7. The maximum Gasteiger partial charge on any atom is 0.229 e. The van der Waals surface area contributed by atoms with Crippen LogP contribution in [0.15, 0.2) is 48.5 Å². The number of benzene rings is 2. The van der Waals surface area contributed by atoms with Gasteiger partial charge in [0.25, 0.3) is 0 Å². The van der Waals surface area contributed by atoms with Crippen molar-refractivity contribution in [3.63, 3.8) is 0 Å². The fraction of sp³-hybridized carbons (Fsp3) is 0.200. The summed E-state index contributed by atoms with van der Waals surface area (Å²) in [5.74, 6) is -3.58. The standard InChI is InChI=1S/C20H19F3N4O/c1-28-11-5-10-24-17-12-16(13-6-3-2-4-7-13)26-20(27-17)25-15-9-8-14(21)18(22)19(15)23/h2-4,6-9,12H,5,10-11H2,1H3,(H2,24,25,26,27). The minimum Gasteiger partial charge on any atom is -0.385 e. The molecule has 3 rings (SSSR count). The highest BCUT2D eigenvalue weighted by molar-refractivity contribution is 5.66. The van der Waals surface area contributed by atoms with Crippen LogP contribution in [0, 0.1) is 17.5 Å². The highest BCUT2D eigenvalue weighted by Crippen LogP contribution is 2.25. The van der Waals surface area contributed by atoms with Gasteiger partial charge in [-0.3, -0.25) is 0 Å². The second-order valence-corrected chi connectivity index (χ2v) is 5.95. The molecule has 0 atom stereocenters. The summed E-state index contributed by atoms with van der Waals surface area (Å²) in [6.45, 7) is 1.20. The molecule has 146 valence electrons. The molecule has 0 aliphatic heterocycles. The van der Waals surface area contributed by atoms with Crippen LogP contribution in [-0.4, -0.2) is 30.2 Å². The van der Waals surface area contributed by atoms with Gasteiger partial charge in [0, 0.05) is 31.9 Å². The molecule has 0 spiro atoms. The second kappa shape index (κ2) is 9.18. The molecule has 0 radical (unpaired) electrons. The number of nitrogens with zero attached hydrogens (tertiary/aromatic N) is 2. The van der Waals surface area contributed by atoms with Crippen molar-refractivity contribution in [2.75, 3.05) is 30.9 Å². The molecule has 0 fully saturated rings. The number of halogens is 3. The Hall–Kier alpha value is -3.13. The van der Waals surface area contributed by atoms with Crippen LogP contribution < -0.4 is 10.6 Å². The van der Waals surface area contributed by atoms with E-state index in [4.69, 9.17) is 4.74 Å². The van der Waals surface area contributed by atoms with E-state index in [-0.39, 0.29) is 11.6 Å². The summed E-state index contributed by atoms with van der Waals surface area (Å²) < 4.78 is 45.7. The summed E-state index contributed by atoms with van der Waals surface area (Å²) >= 11 is 0. The molecular weight excluding hydrogens is 369 g/mol. The topological polar surface area (TPSA) is 59.1 Å². The molecule has 0 saturated carbocycles. The summed E-state index contributed by atoms with van der Waals surface area (Å²) in [6.07, 6.45) is 0.766. The first kappa shape index (κ1) is 19.6. The van der Waals surface area contributed by atoms with Gasteiger partial charge in [-0.15, -0.1) is 0 Å². The average molecular weight is 388 g/mol. The molecule has 2 N–H and O–H groups in total. The Labute approximate surface area is 160 Å². The van der Waals surface area contributed by atoms with Gasteiger partial charge in [-0.1, -0.05) is 30.3 Å². The van der Waals surface area contributed by atoms with E-state index in [9.17, 15) is 13.2 Å². The largest absolute Gasteiger partial charge is 0.385 e. The van der Waals surface area contributed by atoms with E-state index in [2.05, 4.69) is 20.6 Å². The zero-order valence-electron chi connectivity index (χ0n) is 15.2. The first-order valence-corrected chi connectivity index (χ1v) is 8.66. The lowest BCUT2D eigenvalue weighted by Gasteiger charge is -2.12. The molecule has 0 amide bonds. The van der Waals surface area contributed by atoms with Crippen LogP contribution in [0.2, 0.25) is 0 Å². The van der Waals surface area contributed by atoms with Crippen LogP contribution in [0.4, 0.5) is 30.6 Å². The third-order valence-electron chi connectivity index (χ3n) is 3.91. The van der Waals surface area contributed by atoms with Crippen molar-refractivity contribution in [1.82, 2.24) is 9.97 Å². The number of aromatic nitrogens is 2. The van der Waals surface area contributed by atoms with Crippen molar-refractivity contribution in [2.24, 2.45) is 0 Å². The van der Waals surface area contributed by atoms with E-state index in [1.807, 2.05) is 30.3 Å². The van der Waals surface area contributed by atoms with Crippen molar-refractivity contribution in [3.05, 3.63) is 66.0 Å². The van der Waals surface area contributed by atoms with Gasteiger partial charge in [0.2, 0.25) is 5.95 Å². The molecule has 0 unspecified atom stereocenters. The SMILES string of the molecule is COCCCNc1cc(-c2ccccc2)nc(Nc2ccc(F)c(F)c2F)n1. The number of methoxy groups -OCH3 is 1. The Balaban J connectivity index is 1.92. The second-order valence-electron chi connectivity index (χ2n) is 5.95. The smallest absolute Gasteiger partial charge is 0.229 e. The number of rotatable bonds is 8. The first-order valence-electron chi connectivity index (χ1n) is 8.66.